The number of benzene rings is 2. The molecule has 1 amide bonds. The van der Waals surface area contributed by atoms with Gasteiger partial charge >= 0.3 is 0 Å². The molecule has 1 aromatic heterocycles. The molecule has 0 aliphatic rings. The quantitative estimate of drug-likeness (QED) is 0.498. The Hall–Kier alpha value is -2.73. The van der Waals surface area contributed by atoms with Crippen molar-refractivity contribution in [3.05, 3.63) is 61.2 Å². The van der Waals surface area contributed by atoms with Crippen LogP contribution < -0.4 is 10.1 Å². The van der Waals surface area contributed by atoms with Gasteiger partial charge in [0, 0.05) is 6.54 Å². The summed E-state index contributed by atoms with van der Waals surface area (Å²) in [5, 5.41) is 3.41. The van der Waals surface area contributed by atoms with Gasteiger partial charge in [-0.25, -0.2) is 4.98 Å². The van der Waals surface area contributed by atoms with Crippen LogP contribution in [0.1, 0.15) is 6.92 Å². The fourth-order valence-corrected chi connectivity index (χ4v) is 3.58. The summed E-state index contributed by atoms with van der Waals surface area (Å²) in [6, 6.07) is 15.3. The third-order valence-corrected chi connectivity index (χ3v) is 5.04. The van der Waals surface area contributed by atoms with Gasteiger partial charge in [-0.2, -0.15) is 0 Å². The highest BCUT2D eigenvalue weighted by Crippen LogP contribution is 2.29. The number of para-hydroxylation sites is 4. The van der Waals surface area contributed by atoms with Crippen LogP contribution in [-0.2, 0) is 11.3 Å². The number of aromatic nitrogens is 2. The van der Waals surface area contributed by atoms with E-state index in [4.69, 9.17) is 4.74 Å². The number of nitrogens with one attached hydrogen (secondary N) is 1. The number of imidazole rings is 1. The molecule has 3 aromatic rings. The lowest BCUT2D eigenvalue weighted by Gasteiger charge is -2.14. The summed E-state index contributed by atoms with van der Waals surface area (Å²) in [5.74, 6) is 0.536. The second-order valence-electron chi connectivity index (χ2n) is 5.73. The summed E-state index contributed by atoms with van der Waals surface area (Å²) in [4.78, 5) is 17.3. The Balaban J connectivity index is 1.80. The molecule has 0 fully saturated rings. The average molecular weight is 367 g/mol. The summed E-state index contributed by atoms with van der Waals surface area (Å²) >= 11 is 1.43. The van der Waals surface area contributed by atoms with Gasteiger partial charge in [0.1, 0.15) is 5.75 Å². The fourth-order valence-electron chi connectivity index (χ4n) is 2.64. The van der Waals surface area contributed by atoms with E-state index < -0.39 is 0 Å². The molecule has 0 unspecified atom stereocenters. The molecule has 6 heteroatoms. The smallest absolute Gasteiger partial charge is 0.237 e. The molecule has 0 saturated carbocycles. The Labute approximate surface area is 157 Å². The molecular weight excluding hydrogens is 346 g/mol. The van der Waals surface area contributed by atoms with Crippen LogP contribution in [-0.4, -0.2) is 27.8 Å². The lowest BCUT2D eigenvalue weighted by atomic mass is 10.3. The first-order chi connectivity index (χ1) is 12.6. The molecule has 1 heterocycles. The number of anilines is 1. The van der Waals surface area contributed by atoms with Crippen LogP contribution in [0.5, 0.6) is 5.75 Å². The van der Waals surface area contributed by atoms with Gasteiger partial charge in [-0.15, -0.1) is 6.58 Å². The molecule has 0 spiro atoms. The Morgan fingerprint density at radius 2 is 2.04 bits per heavy atom. The number of nitrogens with zero attached hydrogens (tertiary/aromatic N) is 2. The summed E-state index contributed by atoms with van der Waals surface area (Å²) in [6.45, 7) is 6.33. The minimum atomic E-state index is -0.319. The topological polar surface area (TPSA) is 56.2 Å². The number of carbonyl (C=O) groups is 1. The molecule has 26 heavy (non-hydrogen) atoms. The van der Waals surface area contributed by atoms with Crippen molar-refractivity contribution in [3.8, 4) is 5.75 Å². The van der Waals surface area contributed by atoms with E-state index in [1.165, 1.54) is 11.8 Å². The molecule has 134 valence electrons. The zero-order valence-electron chi connectivity index (χ0n) is 14.8. The molecule has 0 aliphatic carbocycles. The number of allylic oxidation sites excluding steroid dienone is 1. The number of amides is 1. The highest BCUT2D eigenvalue weighted by Gasteiger charge is 2.20. The summed E-state index contributed by atoms with van der Waals surface area (Å²) in [7, 11) is 1.58. The molecule has 3 rings (SSSR count). The maximum absolute atomic E-state index is 12.6. The van der Waals surface area contributed by atoms with E-state index in [0.29, 0.717) is 18.0 Å². The number of carbonyl (C=O) groups excluding carboxylic acids is 1. The van der Waals surface area contributed by atoms with E-state index in [1.54, 1.807) is 7.11 Å². The second kappa shape index (κ2) is 8.10. The van der Waals surface area contributed by atoms with E-state index in [1.807, 2.05) is 61.5 Å². The van der Waals surface area contributed by atoms with Crippen LogP contribution in [0, 0.1) is 0 Å². The first-order valence-corrected chi connectivity index (χ1v) is 9.18. The van der Waals surface area contributed by atoms with Gasteiger partial charge in [0.15, 0.2) is 5.16 Å². The first-order valence-electron chi connectivity index (χ1n) is 8.30. The second-order valence-corrected chi connectivity index (χ2v) is 7.04. The Morgan fingerprint density at radius 1 is 1.31 bits per heavy atom. The minimum Gasteiger partial charge on any atom is -0.495 e. The predicted octanol–water partition coefficient (Wildman–Crippen LogP) is 4.35. The van der Waals surface area contributed by atoms with Crippen molar-refractivity contribution in [2.45, 2.75) is 23.9 Å². The van der Waals surface area contributed by atoms with Gasteiger partial charge in [-0.3, -0.25) is 4.79 Å². The number of fused-ring (bicyclic) bond motifs is 1. The van der Waals surface area contributed by atoms with E-state index in [0.717, 1.165) is 16.2 Å². The molecule has 1 atom stereocenters. The summed E-state index contributed by atoms with van der Waals surface area (Å²) < 4.78 is 7.36. The Bertz CT molecular complexity index is 936. The molecule has 0 radical (unpaired) electrons. The highest BCUT2D eigenvalue weighted by molar-refractivity contribution is 8.00. The Morgan fingerprint density at radius 3 is 2.81 bits per heavy atom. The van der Waals surface area contributed by atoms with Gasteiger partial charge < -0.3 is 14.6 Å². The van der Waals surface area contributed by atoms with Crippen LogP contribution in [0.25, 0.3) is 11.0 Å². The Kier molecular flexibility index (Phi) is 5.63. The maximum atomic E-state index is 12.6. The SMILES string of the molecule is C=CCn1c(S[C@@H](C)C(=O)Nc2ccccc2OC)nc2ccccc21. The molecule has 1 N–H and O–H groups in total. The number of ether oxygens (including phenoxy) is 1. The van der Waals surface area contributed by atoms with E-state index in [-0.39, 0.29) is 11.2 Å². The monoisotopic (exact) mass is 367 g/mol. The molecular formula is C20H21N3O2S. The van der Waals surface area contributed by atoms with E-state index >= 15 is 0 Å². The van der Waals surface area contributed by atoms with Gasteiger partial charge in [-0.05, 0) is 31.2 Å². The van der Waals surface area contributed by atoms with Crippen molar-refractivity contribution >= 4 is 34.4 Å². The zero-order chi connectivity index (χ0) is 18.5. The fraction of sp³-hybridized carbons (Fsp3) is 0.200. The van der Waals surface area contributed by atoms with Crippen LogP contribution in [0.3, 0.4) is 0 Å². The summed E-state index contributed by atoms with van der Waals surface area (Å²) in [6.07, 6.45) is 1.83. The normalized spacial score (nSPS) is 11.9. The number of hydrogen-bond donors (Lipinski definition) is 1. The predicted molar refractivity (Wildman–Crippen MR) is 107 cm³/mol. The number of thioether (sulfide) groups is 1. The van der Waals surface area contributed by atoms with Crippen LogP contribution in [0.15, 0.2) is 66.3 Å². The molecule has 0 saturated heterocycles. The van der Waals surface area contributed by atoms with Crippen LogP contribution >= 0.6 is 11.8 Å². The van der Waals surface area contributed by atoms with Gasteiger partial charge in [0.05, 0.1) is 29.1 Å². The molecule has 0 aliphatic heterocycles. The highest BCUT2D eigenvalue weighted by atomic mass is 32.2. The van der Waals surface area contributed by atoms with Crippen LogP contribution in [0.2, 0.25) is 0 Å². The standard InChI is InChI=1S/C20H21N3O2S/c1-4-13-23-17-11-7-5-9-15(17)22-20(23)26-14(2)19(24)21-16-10-6-8-12-18(16)25-3/h4-12,14H,1,13H2,2-3H3,(H,21,24)/t14-/m0/s1. The van der Waals surface area contributed by atoms with Crippen LogP contribution in [0.4, 0.5) is 5.69 Å². The minimum absolute atomic E-state index is 0.100. The number of hydrogen-bond acceptors (Lipinski definition) is 4. The largest absolute Gasteiger partial charge is 0.495 e. The van der Waals surface area contributed by atoms with Crippen molar-refractivity contribution in [2.75, 3.05) is 12.4 Å². The third kappa shape index (κ3) is 3.75. The van der Waals surface area contributed by atoms with Gasteiger partial charge in [0.25, 0.3) is 0 Å². The van der Waals surface area contributed by atoms with E-state index in [9.17, 15) is 4.79 Å². The molecule has 2 aromatic carbocycles. The van der Waals surface area contributed by atoms with Gasteiger partial charge in [-0.1, -0.05) is 42.1 Å². The first kappa shape index (κ1) is 18.1. The van der Waals surface area contributed by atoms with Crippen molar-refractivity contribution < 1.29 is 9.53 Å². The lowest BCUT2D eigenvalue weighted by Crippen LogP contribution is -2.23. The van der Waals surface area contributed by atoms with Crippen molar-refractivity contribution in [1.82, 2.24) is 9.55 Å². The number of methoxy groups -OCH3 is 1. The maximum Gasteiger partial charge on any atom is 0.237 e. The van der Waals surface area contributed by atoms with Crippen molar-refractivity contribution in [3.63, 3.8) is 0 Å². The zero-order valence-corrected chi connectivity index (χ0v) is 15.6. The average Bonchev–Trinajstić information content (AvgIpc) is 3.00. The lowest BCUT2D eigenvalue weighted by molar-refractivity contribution is -0.115. The molecule has 0 bridgehead atoms. The summed E-state index contributed by atoms with van der Waals surface area (Å²) in [5.41, 5.74) is 2.61. The molecule has 5 nitrogen and oxygen atoms in total. The van der Waals surface area contributed by atoms with E-state index in [2.05, 4.69) is 21.4 Å². The van der Waals surface area contributed by atoms with Crippen molar-refractivity contribution in [1.29, 1.82) is 0 Å². The third-order valence-electron chi connectivity index (χ3n) is 3.95. The van der Waals surface area contributed by atoms with Gasteiger partial charge in [0.2, 0.25) is 5.91 Å². The number of rotatable bonds is 7. The van der Waals surface area contributed by atoms with Crippen molar-refractivity contribution in [2.24, 2.45) is 0 Å².